The lowest BCUT2D eigenvalue weighted by Gasteiger charge is -2.30. The number of carbonyl (C=O) groups is 1. The Morgan fingerprint density at radius 3 is 3.00 bits per heavy atom. The molecule has 0 unspecified atom stereocenters. The van der Waals surface area contributed by atoms with Gasteiger partial charge in [0.1, 0.15) is 5.75 Å². The van der Waals surface area contributed by atoms with Crippen molar-refractivity contribution in [1.82, 2.24) is 10.2 Å². The van der Waals surface area contributed by atoms with E-state index in [-0.39, 0.29) is 30.1 Å². The first-order valence-corrected chi connectivity index (χ1v) is 6.10. The summed E-state index contributed by atoms with van der Waals surface area (Å²) in [6, 6.07) is 3.87. The second kappa shape index (κ2) is 4.78. The van der Waals surface area contributed by atoms with Gasteiger partial charge in [-0.1, -0.05) is 13.0 Å². The number of phenolic OH excluding ortho intramolecular Hbond substituents is 1. The lowest BCUT2D eigenvalue weighted by atomic mass is 9.99. The number of aromatic hydroxyl groups is 1. The molecule has 0 bridgehead atoms. The SMILES string of the molecule is CCc1cc(O)c2c(c1)[C@@H]1CNCCN1C2=O.Cl. The number of rotatable bonds is 1. The van der Waals surface area contributed by atoms with E-state index in [2.05, 4.69) is 18.3 Å². The van der Waals surface area contributed by atoms with Gasteiger partial charge in [-0.15, -0.1) is 12.4 Å². The number of piperazine rings is 1. The fourth-order valence-electron chi connectivity index (χ4n) is 2.78. The molecule has 98 valence electrons. The highest BCUT2D eigenvalue weighted by Crippen LogP contribution is 2.39. The van der Waals surface area contributed by atoms with Crippen LogP contribution in [-0.4, -0.2) is 35.5 Å². The molecule has 1 fully saturated rings. The molecule has 1 aromatic carbocycles. The molecule has 1 aromatic rings. The molecule has 18 heavy (non-hydrogen) atoms. The van der Waals surface area contributed by atoms with Crippen molar-refractivity contribution in [3.63, 3.8) is 0 Å². The lowest BCUT2D eigenvalue weighted by molar-refractivity contribution is 0.0689. The maximum absolute atomic E-state index is 12.2. The van der Waals surface area contributed by atoms with Gasteiger partial charge in [0.25, 0.3) is 5.91 Å². The molecule has 2 aliphatic heterocycles. The minimum atomic E-state index is -0.0216. The van der Waals surface area contributed by atoms with Crippen molar-refractivity contribution < 1.29 is 9.90 Å². The number of nitrogens with zero attached hydrogens (tertiary/aromatic N) is 1. The number of fused-ring (bicyclic) bond motifs is 3. The van der Waals surface area contributed by atoms with Crippen LogP contribution in [0.3, 0.4) is 0 Å². The van der Waals surface area contributed by atoms with Crippen LogP contribution in [0.1, 0.15) is 34.5 Å². The topological polar surface area (TPSA) is 52.6 Å². The van der Waals surface area contributed by atoms with E-state index >= 15 is 0 Å². The summed E-state index contributed by atoms with van der Waals surface area (Å²) in [5, 5.41) is 13.3. The number of hydrogen-bond donors (Lipinski definition) is 2. The summed E-state index contributed by atoms with van der Waals surface area (Å²) in [5.74, 6) is 0.116. The zero-order chi connectivity index (χ0) is 12.0. The second-order valence-electron chi connectivity index (χ2n) is 4.65. The van der Waals surface area contributed by atoms with Crippen molar-refractivity contribution >= 4 is 18.3 Å². The molecule has 3 rings (SSSR count). The van der Waals surface area contributed by atoms with Gasteiger partial charge in [0, 0.05) is 19.6 Å². The van der Waals surface area contributed by atoms with E-state index in [1.807, 2.05) is 4.90 Å². The monoisotopic (exact) mass is 268 g/mol. The molecule has 2 aliphatic rings. The van der Waals surface area contributed by atoms with Crippen LogP contribution in [0.15, 0.2) is 12.1 Å². The number of carbonyl (C=O) groups excluding carboxylic acids is 1. The average molecular weight is 269 g/mol. The summed E-state index contributed by atoms with van der Waals surface area (Å²) < 4.78 is 0. The molecule has 1 saturated heterocycles. The van der Waals surface area contributed by atoms with E-state index in [4.69, 9.17) is 0 Å². The molecule has 2 N–H and O–H groups in total. The first-order chi connectivity index (χ1) is 8.22. The number of amides is 1. The third-order valence-electron chi connectivity index (χ3n) is 3.69. The van der Waals surface area contributed by atoms with Gasteiger partial charge >= 0.3 is 0 Å². The Balaban J connectivity index is 0.00000120. The Hall–Kier alpha value is -1.26. The van der Waals surface area contributed by atoms with Gasteiger partial charge < -0.3 is 15.3 Å². The minimum absolute atomic E-state index is 0. The van der Waals surface area contributed by atoms with Crippen molar-refractivity contribution in [3.05, 3.63) is 28.8 Å². The molecular formula is C13H17ClN2O2. The Morgan fingerprint density at radius 1 is 1.50 bits per heavy atom. The van der Waals surface area contributed by atoms with Crippen molar-refractivity contribution in [2.45, 2.75) is 19.4 Å². The predicted molar refractivity (Wildman–Crippen MR) is 71.4 cm³/mol. The standard InChI is InChI=1S/C13H16N2O2.ClH/c1-2-8-5-9-10-7-14-3-4-15(10)13(17)12(9)11(16)6-8;/h5-6,10,14,16H,2-4,7H2,1H3;1H/t10-;/m0./s1. The van der Waals surface area contributed by atoms with Gasteiger partial charge in [-0.3, -0.25) is 4.79 Å². The number of halogens is 1. The van der Waals surface area contributed by atoms with Gasteiger partial charge in [0.2, 0.25) is 0 Å². The molecule has 5 heteroatoms. The number of aryl methyl sites for hydroxylation is 1. The van der Waals surface area contributed by atoms with Crippen LogP contribution in [0.5, 0.6) is 5.75 Å². The zero-order valence-corrected chi connectivity index (χ0v) is 11.1. The number of benzene rings is 1. The van der Waals surface area contributed by atoms with Gasteiger partial charge in [-0.25, -0.2) is 0 Å². The summed E-state index contributed by atoms with van der Waals surface area (Å²) in [5.41, 5.74) is 2.58. The quantitative estimate of drug-likeness (QED) is 0.811. The summed E-state index contributed by atoms with van der Waals surface area (Å²) in [4.78, 5) is 14.1. The van der Waals surface area contributed by atoms with Crippen molar-refractivity contribution in [1.29, 1.82) is 0 Å². The summed E-state index contributed by atoms with van der Waals surface area (Å²) in [7, 11) is 0. The number of nitrogens with one attached hydrogen (secondary N) is 1. The van der Waals surface area contributed by atoms with Crippen LogP contribution >= 0.6 is 12.4 Å². The molecule has 0 aromatic heterocycles. The summed E-state index contributed by atoms with van der Waals surface area (Å²) in [6.45, 7) is 4.39. The van der Waals surface area contributed by atoms with Crippen LogP contribution in [0, 0.1) is 0 Å². The minimum Gasteiger partial charge on any atom is -0.507 e. The van der Waals surface area contributed by atoms with Crippen LogP contribution in [0.4, 0.5) is 0 Å². The van der Waals surface area contributed by atoms with Gasteiger partial charge in [0.15, 0.2) is 0 Å². The maximum Gasteiger partial charge on any atom is 0.258 e. The second-order valence-corrected chi connectivity index (χ2v) is 4.65. The molecule has 0 spiro atoms. The van der Waals surface area contributed by atoms with E-state index in [0.717, 1.165) is 37.2 Å². The van der Waals surface area contributed by atoms with E-state index < -0.39 is 0 Å². The van der Waals surface area contributed by atoms with Gasteiger partial charge in [0.05, 0.1) is 11.6 Å². The summed E-state index contributed by atoms with van der Waals surface area (Å²) >= 11 is 0. The van der Waals surface area contributed by atoms with Crippen LogP contribution < -0.4 is 5.32 Å². The molecule has 0 saturated carbocycles. The third kappa shape index (κ3) is 1.76. The van der Waals surface area contributed by atoms with E-state index in [9.17, 15) is 9.90 Å². The molecule has 1 amide bonds. The Morgan fingerprint density at radius 2 is 2.28 bits per heavy atom. The van der Waals surface area contributed by atoms with E-state index in [0.29, 0.717) is 5.56 Å². The highest BCUT2D eigenvalue weighted by molar-refractivity contribution is 6.02. The summed E-state index contributed by atoms with van der Waals surface area (Å²) in [6.07, 6.45) is 0.870. The lowest BCUT2D eigenvalue weighted by Crippen LogP contribution is -2.44. The molecule has 1 atom stereocenters. The van der Waals surface area contributed by atoms with Gasteiger partial charge in [-0.05, 0) is 23.6 Å². The maximum atomic E-state index is 12.2. The normalized spacial score (nSPS) is 21.3. The molecule has 4 nitrogen and oxygen atoms in total. The highest BCUT2D eigenvalue weighted by Gasteiger charge is 2.39. The first-order valence-electron chi connectivity index (χ1n) is 6.10. The van der Waals surface area contributed by atoms with Crippen LogP contribution in [0.2, 0.25) is 0 Å². The van der Waals surface area contributed by atoms with E-state index in [1.54, 1.807) is 6.07 Å². The Bertz CT molecular complexity index is 490. The molecule has 2 heterocycles. The van der Waals surface area contributed by atoms with E-state index in [1.165, 1.54) is 0 Å². The predicted octanol–water partition coefficient (Wildman–Crippen LogP) is 1.48. The van der Waals surface area contributed by atoms with Crippen LogP contribution in [-0.2, 0) is 6.42 Å². The average Bonchev–Trinajstić information content (AvgIpc) is 2.64. The molecular weight excluding hydrogens is 252 g/mol. The Labute approximate surface area is 112 Å². The Kier molecular flexibility index (Phi) is 3.50. The smallest absolute Gasteiger partial charge is 0.258 e. The fourth-order valence-corrected chi connectivity index (χ4v) is 2.78. The molecule has 0 aliphatic carbocycles. The number of phenols is 1. The molecule has 0 radical (unpaired) electrons. The highest BCUT2D eigenvalue weighted by atomic mass is 35.5. The largest absolute Gasteiger partial charge is 0.507 e. The van der Waals surface area contributed by atoms with Gasteiger partial charge in [-0.2, -0.15) is 0 Å². The zero-order valence-electron chi connectivity index (χ0n) is 10.3. The number of hydrogen-bond acceptors (Lipinski definition) is 3. The first kappa shape index (κ1) is 13.2. The van der Waals surface area contributed by atoms with Crippen molar-refractivity contribution in [3.8, 4) is 5.75 Å². The fraction of sp³-hybridized carbons (Fsp3) is 0.462. The van der Waals surface area contributed by atoms with Crippen molar-refractivity contribution in [2.24, 2.45) is 0 Å². The third-order valence-corrected chi connectivity index (χ3v) is 3.69. The van der Waals surface area contributed by atoms with Crippen LogP contribution in [0.25, 0.3) is 0 Å². The van der Waals surface area contributed by atoms with Crippen molar-refractivity contribution in [2.75, 3.05) is 19.6 Å².